The lowest BCUT2D eigenvalue weighted by molar-refractivity contribution is -0.119. The second kappa shape index (κ2) is 9.61. The van der Waals surface area contributed by atoms with Crippen LogP contribution in [0.5, 0.6) is 0 Å². The highest BCUT2D eigenvalue weighted by Gasteiger charge is 1.96. The molecule has 0 aliphatic heterocycles. The molecule has 12 heavy (non-hydrogen) atoms. The number of nitrogens with two attached hydrogens (primary N) is 2. The fourth-order valence-electron chi connectivity index (χ4n) is 0.598. The number of rotatable bonds is 5. The van der Waals surface area contributed by atoms with Crippen molar-refractivity contribution in [3.05, 3.63) is 0 Å². The van der Waals surface area contributed by atoms with E-state index in [0.29, 0.717) is 25.7 Å². The molecule has 70 valence electrons. The van der Waals surface area contributed by atoms with E-state index >= 15 is 0 Å². The van der Waals surface area contributed by atoms with Crippen molar-refractivity contribution >= 4 is 18.6 Å². The number of hydrogen-bond donors (Lipinski definition) is 2. The van der Waals surface area contributed by atoms with Crippen LogP contribution in [0.15, 0.2) is 0 Å². The minimum absolute atomic E-state index is 0.329. The Kier molecular flexibility index (Phi) is 10.6. The molecule has 0 aliphatic rings. The van der Waals surface area contributed by atoms with Gasteiger partial charge in [-0.3, -0.25) is 9.59 Å². The summed E-state index contributed by atoms with van der Waals surface area (Å²) in [6.07, 6.45) is 1.98. The average molecular weight is 174 g/mol. The Morgan fingerprint density at radius 3 is 1.33 bits per heavy atom. The molecule has 0 saturated heterocycles. The topological polar surface area (TPSA) is 103 Å². The molecule has 0 atom stereocenters. The van der Waals surface area contributed by atoms with E-state index in [1.807, 2.05) is 6.79 Å². The maximum Gasteiger partial charge on any atom is 0.217 e. The van der Waals surface area contributed by atoms with Crippen LogP contribution in [0.2, 0.25) is 0 Å². The van der Waals surface area contributed by atoms with Crippen LogP contribution < -0.4 is 11.5 Å². The lowest BCUT2D eigenvalue weighted by Crippen LogP contribution is -2.12. The molecule has 5 heteroatoms. The van der Waals surface area contributed by atoms with Gasteiger partial charge < -0.3 is 16.3 Å². The number of amides is 2. The zero-order valence-electron chi connectivity index (χ0n) is 6.91. The van der Waals surface area contributed by atoms with E-state index in [1.54, 1.807) is 0 Å². The SMILES string of the molecule is C=O.NC(=O)CCCCC(N)=O. The van der Waals surface area contributed by atoms with E-state index in [2.05, 4.69) is 0 Å². The molecular formula is C7H14N2O3. The molecule has 0 bridgehead atoms. The van der Waals surface area contributed by atoms with Crippen LogP contribution in [0.25, 0.3) is 0 Å². The predicted octanol–water partition coefficient (Wildman–Crippen LogP) is -0.668. The zero-order valence-corrected chi connectivity index (χ0v) is 6.91. The number of hydrogen-bond acceptors (Lipinski definition) is 3. The third-order valence-electron chi connectivity index (χ3n) is 1.10. The van der Waals surface area contributed by atoms with Crippen LogP contribution in [0.4, 0.5) is 0 Å². The second-order valence-electron chi connectivity index (χ2n) is 2.14. The van der Waals surface area contributed by atoms with Crippen LogP contribution in [-0.4, -0.2) is 18.6 Å². The summed E-state index contributed by atoms with van der Waals surface area (Å²) >= 11 is 0. The molecule has 0 saturated carbocycles. The molecule has 0 heterocycles. The van der Waals surface area contributed by atoms with E-state index < -0.39 is 0 Å². The van der Waals surface area contributed by atoms with Crippen LogP contribution in [0, 0.1) is 0 Å². The van der Waals surface area contributed by atoms with Crippen molar-refractivity contribution in [3.63, 3.8) is 0 Å². The summed E-state index contributed by atoms with van der Waals surface area (Å²) in [6.45, 7) is 2.00. The Hall–Kier alpha value is -1.39. The first-order valence-electron chi connectivity index (χ1n) is 3.48. The van der Waals surface area contributed by atoms with Crippen molar-refractivity contribution in [3.8, 4) is 0 Å². The fourth-order valence-corrected chi connectivity index (χ4v) is 0.598. The molecule has 4 N–H and O–H groups in total. The van der Waals surface area contributed by atoms with Gasteiger partial charge in [-0.2, -0.15) is 0 Å². The van der Waals surface area contributed by atoms with Gasteiger partial charge in [0, 0.05) is 12.8 Å². The van der Waals surface area contributed by atoms with Crippen LogP contribution in [0.1, 0.15) is 25.7 Å². The molecule has 0 fully saturated rings. The van der Waals surface area contributed by atoms with E-state index in [9.17, 15) is 9.59 Å². The highest BCUT2D eigenvalue weighted by Crippen LogP contribution is 1.97. The van der Waals surface area contributed by atoms with Crippen molar-refractivity contribution in [2.75, 3.05) is 0 Å². The standard InChI is InChI=1S/C6H12N2O2.CH2O/c7-5(9)3-1-2-4-6(8)10;1-2/h1-4H2,(H2,7,9)(H2,8,10);1H2. The Morgan fingerprint density at radius 1 is 0.917 bits per heavy atom. The molecule has 2 amide bonds. The first-order chi connectivity index (χ1) is 5.63. The molecule has 0 spiro atoms. The minimum atomic E-state index is -0.329. The molecule has 0 rings (SSSR count). The Labute approximate surface area is 71.1 Å². The van der Waals surface area contributed by atoms with Crippen molar-refractivity contribution in [2.24, 2.45) is 11.5 Å². The van der Waals surface area contributed by atoms with Crippen molar-refractivity contribution < 1.29 is 14.4 Å². The Balaban J connectivity index is 0. The van der Waals surface area contributed by atoms with Crippen LogP contribution >= 0.6 is 0 Å². The normalized spacial score (nSPS) is 8.00. The summed E-state index contributed by atoms with van der Waals surface area (Å²) in [5, 5.41) is 0. The number of primary amides is 2. The first kappa shape index (κ1) is 13.2. The third-order valence-corrected chi connectivity index (χ3v) is 1.10. The number of unbranched alkanes of at least 4 members (excludes halogenated alkanes) is 1. The molecule has 0 radical (unpaired) electrons. The second-order valence-corrected chi connectivity index (χ2v) is 2.14. The summed E-state index contributed by atoms with van der Waals surface area (Å²) in [4.78, 5) is 28.3. The summed E-state index contributed by atoms with van der Waals surface area (Å²) in [6, 6.07) is 0. The molecule has 0 aromatic carbocycles. The van der Waals surface area contributed by atoms with Gasteiger partial charge in [0.15, 0.2) is 0 Å². The highest BCUT2D eigenvalue weighted by molar-refractivity contribution is 5.74. The van der Waals surface area contributed by atoms with Gasteiger partial charge in [-0.15, -0.1) is 0 Å². The fraction of sp³-hybridized carbons (Fsp3) is 0.571. The maximum absolute atomic E-state index is 10.2. The van der Waals surface area contributed by atoms with Gasteiger partial charge >= 0.3 is 0 Å². The third kappa shape index (κ3) is 15.8. The quantitative estimate of drug-likeness (QED) is 0.540. The van der Waals surface area contributed by atoms with Gasteiger partial charge in [0.05, 0.1) is 0 Å². The number of carbonyl (C=O) groups is 3. The van der Waals surface area contributed by atoms with E-state index in [-0.39, 0.29) is 11.8 Å². The largest absolute Gasteiger partial charge is 0.370 e. The average Bonchev–Trinajstić information content (AvgIpc) is 2.02. The van der Waals surface area contributed by atoms with E-state index in [0.717, 1.165) is 0 Å². The Bertz CT molecular complexity index is 132. The van der Waals surface area contributed by atoms with E-state index in [1.165, 1.54) is 0 Å². The molecule has 0 aromatic heterocycles. The highest BCUT2D eigenvalue weighted by atomic mass is 16.1. The maximum atomic E-state index is 10.2. The monoisotopic (exact) mass is 174 g/mol. The van der Waals surface area contributed by atoms with Crippen molar-refractivity contribution in [1.82, 2.24) is 0 Å². The number of carbonyl (C=O) groups excluding carboxylic acids is 3. The van der Waals surface area contributed by atoms with Gasteiger partial charge in [-0.05, 0) is 12.8 Å². The first-order valence-corrected chi connectivity index (χ1v) is 3.48. The van der Waals surface area contributed by atoms with Gasteiger partial charge in [-0.25, -0.2) is 0 Å². The summed E-state index contributed by atoms with van der Waals surface area (Å²) in [7, 11) is 0. The summed E-state index contributed by atoms with van der Waals surface area (Å²) < 4.78 is 0. The van der Waals surface area contributed by atoms with Gasteiger partial charge in [0.25, 0.3) is 0 Å². The lowest BCUT2D eigenvalue weighted by atomic mass is 10.2. The van der Waals surface area contributed by atoms with Gasteiger partial charge in [0.1, 0.15) is 6.79 Å². The van der Waals surface area contributed by atoms with Crippen LogP contribution in [-0.2, 0) is 14.4 Å². The Morgan fingerprint density at radius 2 is 1.17 bits per heavy atom. The van der Waals surface area contributed by atoms with E-state index in [4.69, 9.17) is 16.3 Å². The van der Waals surface area contributed by atoms with Gasteiger partial charge in [-0.1, -0.05) is 0 Å². The van der Waals surface area contributed by atoms with Crippen LogP contribution in [0.3, 0.4) is 0 Å². The zero-order chi connectivity index (χ0) is 9.98. The lowest BCUT2D eigenvalue weighted by Gasteiger charge is -1.93. The van der Waals surface area contributed by atoms with Crippen molar-refractivity contribution in [1.29, 1.82) is 0 Å². The molecule has 0 unspecified atom stereocenters. The van der Waals surface area contributed by atoms with Gasteiger partial charge in [0.2, 0.25) is 11.8 Å². The smallest absolute Gasteiger partial charge is 0.217 e. The summed E-state index contributed by atoms with van der Waals surface area (Å²) in [5.41, 5.74) is 9.71. The molecular weight excluding hydrogens is 160 g/mol. The molecule has 0 aromatic rings. The molecule has 5 nitrogen and oxygen atoms in total. The molecule has 0 aliphatic carbocycles. The van der Waals surface area contributed by atoms with Crippen molar-refractivity contribution in [2.45, 2.75) is 25.7 Å². The predicted molar refractivity (Wildman–Crippen MR) is 44.0 cm³/mol. The minimum Gasteiger partial charge on any atom is -0.370 e. The summed E-state index contributed by atoms with van der Waals surface area (Å²) in [5.74, 6) is -0.658.